The van der Waals surface area contributed by atoms with Gasteiger partial charge in [-0.1, -0.05) is 25.0 Å². The summed E-state index contributed by atoms with van der Waals surface area (Å²) in [5.74, 6) is 0.0645. The number of rotatable bonds is 3. The van der Waals surface area contributed by atoms with Gasteiger partial charge in [0.05, 0.1) is 4.92 Å². The summed E-state index contributed by atoms with van der Waals surface area (Å²) >= 11 is 0. The molecule has 114 valence electrons. The minimum absolute atomic E-state index is 0.412. The van der Waals surface area contributed by atoms with Crippen molar-refractivity contribution in [3.63, 3.8) is 0 Å². The van der Waals surface area contributed by atoms with E-state index in [1.807, 2.05) is 0 Å². The number of benzene rings is 1. The van der Waals surface area contributed by atoms with Gasteiger partial charge in [0.15, 0.2) is 0 Å². The van der Waals surface area contributed by atoms with Crippen molar-refractivity contribution in [2.45, 2.75) is 51.1 Å². The fourth-order valence-electron chi connectivity index (χ4n) is 3.97. The van der Waals surface area contributed by atoms with E-state index < -0.39 is 16.4 Å². The quantitative estimate of drug-likeness (QED) is 0.627. The third kappa shape index (κ3) is 2.93. The zero-order valence-corrected chi connectivity index (χ0v) is 12.1. The van der Waals surface area contributed by atoms with Gasteiger partial charge in [0.25, 0.3) is 0 Å². The number of hydrogen-bond donors (Lipinski definition) is 0. The molecule has 1 aromatic carbocycles. The highest BCUT2D eigenvalue weighted by molar-refractivity contribution is 5.36. The minimum Gasteiger partial charge on any atom is -0.296 e. The highest BCUT2D eigenvalue weighted by atomic mass is 19.1. The van der Waals surface area contributed by atoms with Crippen LogP contribution in [-0.4, -0.2) is 22.4 Å². The summed E-state index contributed by atoms with van der Waals surface area (Å²) in [6, 6.07) is 5.03. The van der Waals surface area contributed by atoms with Gasteiger partial charge in [-0.3, -0.25) is 15.0 Å². The molecular formula is C16H21FN2O2. The van der Waals surface area contributed by atoms with E-state index in [2.05, 4.69) is 4.90 Å². The van der Waals surface area contributed by atoms with E-state index in [1.165, 1.54) is 38.2 Å². The lowest BCUT2D eigenvalue weighted by atomic mass is 9.78. The SMILES string of the molecule is O=[N+]([O-])c1cccc(CN2CCC[C@H]3CCCC[C@H]32)c1F. The Balaban J connectivity index is 1.79. The number of nitrogens with zero attached hydrogens (tertiary/aromatic N) is 2. The third-order valence-electron chi connectivity index (χ3n) is 4.99. The Morgan fingerprint density at radius 2 is 2.00 bits per heavy atom. The lowest BCUT2D eigenvalue weighted by Crippen LogP contribution is -2.46. The second kappa shape index (κ2) is 6.10. The first-order valence-electron chi connectivity index (χ1n) is 7.82. The molecule has 2 atom stereocenters. The van der Waals surface area contributed by atoms with Crippen LogP contribution in [0.3, 0.4) is 0 Å². The fraction of sp³-hybridized carbons (Fsp3) is 0.625. The molecule has 2 fully saturated rings. The van der Waals surface area contributed by atoms with Gasteiger partial charge in [0, 0.05) is 24.2 Å². The number of hydrogen-bond acceptors (Lipinski definition) is 3. The Labute approximate surface area is 124 Å². The number of nitro groups is 1. The Bertz CT molecular complexity index is 533. The van der Waals surface area contributed by atoms with Gasteiger partial charge in [0.1, 0.15) is 0 Å². The highest BCUT2D eigenvalue weighted by Crippen LogP contribution is 2.36. The van der Waals surface area contributed by atoms with Crippen LogP contribution in [0.4, 0.5) is 10.1 Å². The van der Waals surface area contributed by atoms with Crippen LogP contribution in [0.5, 0.6) is 0 Å². The lowest BCUT2D eigenvalue weighted by molar-refractivity contribution is -0.387. The van der Waals surface area contributed by atoms with Gasteiger partial charge in [-0.2, -0.15) is 4.39 Å². The maximum atomic E-state index is 14.2. The first-order chi connectivity index (χ1) is 10.2. The highest BCUT2D eigenvalue weighted by Gasteiger charge is 2.33. The van der Waals surface area contributed by atoms with E-state index in [1.54, 1.807) is 12.1 Å². The molecule has 5 heteroatoms. The van der Waals surface area contributed by atoms with Crippen molar-refractivity contribution in [2.24, 2.45) is 5.92 Å². The smallest absolute Gasteiger partial charge is 0.296 e. The Hall–Kier alpha value is -1.49. The van der Waals surface area contributed by atoms with Gasteiger partial charge in [-0.15, -0.1) is 0 Å². The normalized spacial score (nSPS) is 26.3. The molecule has 0 N–H and O–H groups in total. The van der Waals surface area contributed by atoms with Crippen LogP contribution >= 0.6 is 0 Å². The first kappa shape index (κ1) is 14.4. The molecule has 1 heterocycles. The van der Waals surface area contributed by atoms with Crippen molar-refractivity contribution in [3.05, 3.63) is 39.7 Å². The van der Waals surface area contributed by atoms with E-state index in [-0.39, 0.29) is 0 Å². The van der Waals surface area contributed by atoms with E-state index >= 15 is 0 Å². The zero-order chi connectivity index (χ0) is 14.8. The molecule has 1 aliphatic carbocycles. The summed E-state index contributed by atoms with van der Waals surface area (Å²) in [5.41, 5.74) is 0.0418. The topological polar surface area (TPSA) is 46.4 Å². The van der Waals surface area contributed by atoms with Gasteiger partial charge in [0.2, 0.25) is 5.82 Å². The van der Waals surface area contributed by atoms with E-state index in [0.717, 1.165) is 18.9 Å². The summed E-state index contributed by atoms with van der Waals surface area (Å²) in [7, 11) is 0. The third-order valence-corrected chi connectivity index (χ3v) is 4.99. The molecule has 21 heavy (non-hydrogen) atoms. The van der Waals surface area contributed by atoms with Crippen LogP contribution in [0.1, 0.15) is 44.1 Å². The standard InChI is InChI=1S/C16H21FN2O2/c17-16-13(6-3-9-15(16)19(20)21)11-18-10-4-7-12-5-1-2-8-14(12)18/h3,6,9,12,14H,1-2,4-5,7-8,10-11H2/t12-,14-/m1/s1. The molecule has 3 rings (SSSR count). The van der Waals surface area contributed by atoms with Gasteiger partial charge < -0.3 is 0 Å². The van der Waals surface area contributed by atoms with E-state index in [9.17, 15) is 14.5 Å². The lowest BCUT2D eigenvalue weighted by Gasteiger charge is -2.44. The maximum Gasteiger partial charge on any atom is 0.305 e. The molecule has 1 aromatic rings. The number of piperidine rings is 1. The molecule has 1 saturated carbocycles. The molecule has 1 aliphatic heterocycles. The van der Waals surface area contributed by atoms with Crippen LogP contribution in [0, 0.1) is 21.8 Å². The van der Waals surface area contributed by atoms with Crippen LogP contribution < -0.4 is 0 Å². The number of fused-ring (bicyclic) bond motifs is 1. The number of halogens is 1. The van der Waals surface area contributed by atoms with Crippen molar-refractivity contribution in [1.29, 1.82) is 0 Å². The zero-order valence-electron chi connectivity index (χ0n) is 12.1. The molecule has 0 unspecified atom stereocenters. The number of likely N-dealkylation sites (tertiary alicyclic amines) is 1. The average molecular weight is 292 g/mol. The van der Waals surface area contributed by atoms with E-state index in [0.29, 0.717) is 18.2 Å². The summed E-state index contributed by atoms with van der Waals surface area (Å²) in [5, 5.41) is 10.8. The first-order valence-corrected chi connectivity index (χ1v) is 7.82. The molecule has 0 amide bonds. The summed E-state index contributed by atoms with van der Waals surface area (Å²) < 4.78 is 14.2. The Morgan fingerprint density at radius 1 is 1.24 bits per heavy atom. The Morgan fingerprint density at radius 3 is 2.81 bits per heavy atom. The monoisotopic (exact) mass is 292 g/mol. The second-order valence-electron chi connectivity index (χ2n) is 6.23. The van der Waals surface area contributed by atoms with Crippen molar-refractivity contribution < 1.29 is 9.31 Å². The average Bonchev–Trinajstić information content (AvgIpc) is 2.49. The van der Waals surface area contributed by atoms with Gasteiger partial charge >= 0.3 is 5.69 Å². The minimum atomic E-state index is -0.666. The summed E-state index contributed by atoms with van der Waals surface area (Å²) in [4.78, 5) is 12.5. The van der Waals surface area contributed by atoms with Crippen LogP contribution in [0.25, 0.3) is 0 Å². The predicted octanol–water partition coefficient (Wildman–Crippen LogP) is 3.89. The molecule has 0 spiro atoms. The van der Waals surface area contributed by atoms with Crippen molar-refractivity contribution >= 4 is 5.69 Å². The van der Waals surface area contributed by atoms with Crippen LogP contribution in [-0.2, 0) is 6.54 Å². The predicted molar refractivity (Wildman–Crippen MR) is 78.4 cm³/mol. The van der Waals surface area contributed by atoms with Gasteiger partial charge in [-0.25, -0.2) is 0 Å². The molecule has 4 nitrogen and oxygen atoms in total. The Kier molecular flexibility index (Phi) is 4.19. The van der Waals surface area contributed by atoms with Crippen molar-refractivity contribution in [1.82, 2.24) is 4.90 Å². The molecular weight excluding hydrogens is 271 g/mol. The van der Waals surface area contributed by atoms with Crippen LogP contribution in [0.2, 0.25) is 0 Å². The second-order valence-corrected chi connectivity index (χ2v) is 6.23. The van der Waals surface area contributed by atoms with Crippen molar-refractivity contribution in [3.8, 4) is 0 Å². The molecule has 1 saturated heterocycles. The summed E-state index contributed by atoms with van der Waals surface area (Å²) in [6.45, 7) is 1.47. The molecule has 0 aromatic heterocycles. The number of nitro benzene ring substituents is 1. The molecule has 0 bridgehead atoms. The van der Waals surface area contributed by atoms with Gasteiger partial charge in [-0.05, 0) is 38.1 Å². The molecule has 0 radical (unpaired) electrons. The summed E-state index contributed by atoms with van der Waals surface area (Å²) in [6.07, 6.45) is 7.44. The largest absolute Gasteiger partial charge is 0.305 e. The van der Waals surface area contributed by atoms with Crippen LogP contribution in [0.15, 0.2) is 18.2 Å². The van der Waals surface area contributed by atoms with Crippen molar-refractivity contribution in [2.75, 3.05) is 6.54 Å². The fourth-order valence-corrected chi connectivity index (χ4v) is 3.97. The maximum absolute atomic E-state index is 14.2. The molecule has 2 aliphatic rings. The van der Waals surface area contributed by atoms with E-state index in [4.69, 9.17) is 0 Å².